The van der Waals surface area contributed by atoms with Crippen LogP contribution in [0.2, 0.25) is 0 Å². The smallest absolute Gasteiger partial charge is 0.253 e. The number of hydrogen-bond acceptors (Lipinski definition) is 5. The first kappa shape index (κ1) is 21.3. The van der Waals surface area contributed by atoms with Gasteiger partial charge in [0.2, 0.25) is 5.91 Å². The third kappa shape index (κ3) is 3.91. The van der Waals surface area contributed by atoms with Crippen LogP contribution in [0.1, 0.15) is 28.4 Å². The average molecular weight is 424 g/mol. The van der Waals surface area contributed by atoms with Crippen molar-refractivity contribution in [3.63, 3.8) is 0 Å². The summed E-state index contributed by atoms with van der Waals surface area (Å²) in [5, 5.41) is 13.4. The maximum Gasteiger partial charge on any atom is 0.253 e. The summed E-state index contributed by atoms with van der Waals surface area (Å²) < 4.78 is 5.09. The van der Waals surface area contributed by atoms with Gasteiger partial charge >= 0.3 is 0 Å². The van der Waals surface area contributed by atoms with E-state index in [1.54, 1.807) is 19.0 Å². The van der Waals surface area contributed by atoms with E-state index in [0.29, 0.717) is 12.1 Å². The molecule has 7 heteroatoms. The molecule has 2 heterocycles. The summed E-state index contributed by atoms with van der Waals surface area (Å²) in [7, 11) is 5.00. The molecular weight excluding hydrogens is 394 g/mol. The second-order valence-electron chi connectivity index (χ2n) is 8.43. The number of amides is 2. The highest BCUT2D eigenvalue weighted by Crippen LogP contribution is 2.47. The van der Waals surface area contributed by atoms with E-state index in [-0.39, 0.29) is 43.0 Å². The summed E-state index contributed by atoms with van der Waals surface area (Å²) in [6, 6.07) is 13.5. The van der Waals surface area contributed by atoms with E-state index in [2.05, 4.69) is 11.4 Å². The lowest BCUT2D eigenvalue weighted by atomic mass is 9.82. The quantitative estimate of drug-likeness (QED) is 0.772. The molecule has 2 N–H and O–H groups in total. The Hall–Kier alpha value is -2.90. The van der Waals surface area contributed by atoms with Gasteiger partial charge in [0.15, 0.2) is 0 Å². The third-order valence-electron chi connectivity index (χ3n) is 6.31. The zero-order chi connectivity index (χ0) is 22.1. The molecule has 0 spiro atoms. The van der Waals surface area contributed by atoms with Gasteiger partial charge in [0, 0.05) is 44.9 Å². The normalized spacial score (nSPS) is 21.8. The Morgan fingerprint density at radius 2 is 1.97 bits per heavy atom. The topological polar surface area (TPSA) is 82.1 Å². The first-order chi connectivity index (χ1) is 14.9. The monoisotopic (exact) mass is 423 g/mol. The number of methoxy groups -OCH3 is 1. The molecule has 2 aromatic rings. The number of ether oxygens (including phenoxy) is 1. The van der Waals surface area contributed by atoms with Gasteiger partial charge in [0.05, 0.1) is 18.7 Å². The van der Waals surface area contributed by atoms with Gasteiger partial charge in [-0.1, -0.05) is 18.2 Å². The van der Waals surface area contributed by atoms with E-state index in [1.807, 2.05) is 41.3 Å². The van der Waals surface area contributed by atoms with Crippen molar-refractivity contribution in [2.45, 2.75) is 18.5 Å². The van der Waals surface area contributed by atoms with Crippen molar-refractivity contribution in [3.8, 4) is 11.1 Å². The van der Waals surface area contributed by atoms with Gasteiger partial charge in [0.25, 0.3) is 5.91 Å². The number of likely N-dealkylation sites (tertiary alicyclic amines) is 1. The highest BCUT2D eigenvalue weighted by atomic mass is 16.5. The van der Waals surface area contributed by atoms with Gasteiger partial charge in [-0.2, -0.15) is 0 Å². The van der Waals surface area contributed by atoms with Gasteiger partial charge in [-0.15, -0.1) is 0 Å². The Balaban J connectivity index is 1.74. The van der Waals surface area contributed by atoms with Crippen molar-refractivity contribution < 1.29 is 19.4 Å². The molecule has 31 heavy (non-hydrogen) atoms. The molecule has 1 saturated heterocycles. The fourth-order valence-corrected chi connectivity index (χ4v) is 4.82. The maximum absolute atomic E-state index is 12.7. The first-order valence-electron chi connectivity index (χ1n) is 10.6. The van der Waals surface area contributed by atoms with Crippen molar-refractivity contribution in [2.75, 3.05) is 46.3 Å². The molecule has 0 saturated carbocycles. The minimum absolute atomic E-state index is 0.0172. The van der Waals surface area contributed by atoms with E-state index in [0.717, 1.165) is 28.8 Å². The van der Waals surface area contributed by atoms with Crippen LogP contribution in [-0.2, 0) is 9.53 Å². The third-order valence-corrected chi connectivity index (χ3v) is 6.31. The largest absolute Gasteiger partial charge is 0.394 e. The van der Waals surface area contributed by atoms with E-state index < -0.39 is 0 Å². The van der Waals surface area contributed by atoms with Crippen molar-refractivity contribution in [2.24, 2.45) is 5.92 Å². The lowest BCUT2D eigenvalue weighted by Gasteiger charge is -2.39. The zero-order valence-electron chi connectivity index (χ0n) is 18.2. The van der Waals surface area contributed by atoms with Crippen LogP contribution >= 0.6 is 0 Å². The zero-order valence-corrected chi connectivity index (χ0v) is 18.2. The van der Waals surface area contributed by atoms with Gasteiger partial charge in [0.1, 0.15) is 6.61 Å². The minimum Gasteiger partial charge on any atom is -0.394 e. The van der Waals surface area contributed by atoms with Crippen LogP contribution in [0.5, 0.6) is 0 Å². The first-order valence-corrected chi connectivity index (χ1v) is 10.6. The number of fused-ring (bicyclic) bond motifs is 3. The molecule has 0 unspecified atom stereocenters. The highest BCUT2D eigenvalue weighted by Gasteiger charge is 2.45. The summed E-state index contributed by atoms with van der Waals surface area (Å²) in [6.07, 6.45) is 0.828. The number of nitrogens with one attached hydrogen (secondary N) is 1. The molecule has 7 nitrogen and oxygen atoms in total. The van der Waals surface area contributed by atoms with E-state index in [1.165, 1.54) is 7.11 Å². The fraction of sp³-hybridized carbons (Fsp3) is 0.417. The number of benzene rings is 2. The minimum atomic E-state index is -0.109. The lowest BCUT2D eigenvalue weighted by molar-refractivity contribution is -0.136. The Bertz CT molecular complexity index is 991. The number of hydrogen-bond donors (Lipinski definition) is 2. The second kappa shape index (κ2) is 8.69. The van der Waals surface area contributed by atoms with E-state index in [4.69, 9.17) is 4.74 Å². The van der Waals surface area contributed by atoms with Crippen LogP contribution in [0.4, 0.5) is 5.69 Å². The Kier molecular flexibility index (Phi) is 5.98. The molecule has 2 aliphatic rings. The highest BCUT2D eigenvalue weighted by molar-refractivity contribution is 5.95. The number of aliphatic hydroxyl groups is 1. The Labute approximate surface area is 182 Å². The molecule has 0 bridgehead atoms. The second-order valence-corrected chi connectivity index (χ2v) is 8.43. The molecule has 2 amide bonds. The molecular formula is C24H29N3O4. The van der Waals surface area contributed by atoms with Crippen LogP contribution < -0.4 is 5.32 Å². The molecule has 4 rings (SSSR count). The standard InChI is InChI=1S/C24H29N3O4/c1-26(2)24(30)17-6-4-5-15(11-17)16-7-8-20-19(12-16)23-18(21(13-28)25-20)9-10-27(23)22(29)14-31-3/h4-8,11-12,18,21,23,25,28H,9-10,13-14H2,1-3H3/t18-,21+,23-/m1/s1. The van der Waals surface area contributed by atoms with E-state index in [9.17, 15) is 14.7 Å². The van der Waals surface area contributed by atoms with Crippen molar-refractivity contribution in [3.05, 3.63) is 53.6 Å². The Morgan fingerprint density at radius 1 is 1.19 bits per heavy atom. The molecule has 0 aromatic heterocycles. The lowest BCUT2D eigenvalue weighted by Crippen LogP contribution is -2.43. The number of carbonyl (C=O) groups is 2. The van der Waals surface area contributed by atoms with Crippen molar-refractivity contribution in [1.29, 1.82) is 0 Å². The molecule has 164 valence electrons. The Morgan fingerprint density at radius 3 is 2.68 bits per heavy atom. The van der Waals surface area contributed by atoms with Crippen molar-refractivity contribution >= 4 is 17.5 Å². The maximum atomic E-state index is 12.7. The van der Waals surface area contributed by atoms with Crippen LogP contribution in [0.15, 0.2) is 42.5 Å². The van der Waals surface area contributed by atoms with E-state index >= 15 is 0 Å². The van der Waals surface area contributed by atoms with Crippen LogP contribution in [0, 0.1) is 5.92 Å². The van der Waals surface area contributed by atoms with Gasteiger partial charge in [-0.3, -0.25) is 9.59 Å². The number of anilines is 1. The summed E-state index contributed by atoms with van der Waals surface area (Å²) in [5.74, 6) is 0.0539. The molecule has 0 radical (unpaired) electrons. The van der Waals surface area contributed by atoms with Gasteiger partial charge < -0.3 is 25.0 Å². The van der Waals surface area contributed by atoms with Crippen LogP contribution in [-0.4, -0.2) is 73.7 Å². The van der Waals surface area contributed by atoms with Crippen molar-refractivity contribution in [1.82, 2.24) is 9.80 Å². The molecule has 2 aliphatic heterocycles. The van der Waals surface area contributed by atoms with Crippen LogP contribution in [0.3, 0.4) is 0 Å². The molecule has 2 aromatic carbocycles. The average Bonchev–Trinajstić information content (AvgIpc) is 3.23. The number of rotatable bonds is 5. The van der Waals surface area contributed by atoms with Gasteiger partial charge in [-0.05, 0) is 47.4 Å². The summed E-state index contributed by atoms with van der Waals surface area (Å²) in [4.78, 5) is 28.6. The molecule has 3 atom stereocenters. The summed E-state index contributed by atoms with van der Waals surface area (Å²) >= 11 is 0. The summed E-state index contributed by atoms with van der Waals surface area (Å²) in [5.41, 5.74) is 4.54. The predicted molar refractivity (Wildman–Crippen MR) is 119 cm³/mol. The fourth-order valence-electron chi connectivity index (χ4n) is 4.82. The summed E-state index contributed by atoms with van der Waals surface area (Å²) in [6.45, 7) is 0.708. The SMILES string of the molecule is COCC(=O)N1CC[C@@H]2[C@H](CO)Nc3ccc(-c4cccc(C(=O)N(C)C)c4)cc3[C@@H]21. The number of carbonyl (C=O) groups excluding carboxylic acids is 2. The predicted octanol–water partition coefficient (Wildman–Crippen LogP) is 2.38. The molecule has 1 fully saturated rings. The molecule has 0 aliphatic carbocycles. The number of aliphatic hydroxyl groups excluding tert-OH is 1. The van der Waals surface area contributed by atoms with Gasteiger partial charge in [-0.25, -0.2) is 0 Å². The van der Waals surface area contributed by atoms with Crippen LogP contribution in [0.25, 0.3) is 11.1 Å². The number of nitrogens with zero attached hydrogens (tertiary/aromatic N) is 2.